The van der Waals surface area contributed by atoms with E-state index >= 15 is 0 Å². The summed E-state index contributed by atoms with van der Waals surface area (Å²) in [4.78, 5) is 30.3. The molecule has 150 valence electrons. The number of methoxy groups -OCH3 is 1. The molecule has 0 saturated heterocycles. The molecule has 1 N–H and O–H groups in total. The van der Waals surface area contributed by atoms with Gasteiger partial charge in [-0.3, -0.25) is 14.2 Å². The number of hydrogen-bond acceptors (Lipinski definition) is 4. The third kappa shape index (κ3) is 4.49. The summed E-state index contributed by atoms with van der Waals surface area (Å²) in [6.07, 6.45) is 0. The van der Waals surface area contributed by atoms with Crippen molar-refractivity contribution in [3.05, 3.63) is 74.7 Å². The fourth-order valence-corrected chi connectivity index (χ4v) is 3.19. The fourth-order valence-electron chi connectivity index (χ4n) is 3.00. The number of benzene rings is 2. The summed E-state index contributed by atoms with van der Waals surface area (Å²) >= 11 is 6.11. The molecule has 0 fully saturated rings. The van der Waals surface area contributed by atoms with Gasteiger partial charge in [0.1, 0.15) is 18.1 Å². The Bertz CT molecular complexity index is 1140. The van der Waals surface area contributed by atoms with E-state index in [4.69, 9.17) is 16.3 Å². The van der Waals surface area contributed by atoms with Crippen molar-refractivity contribution in [1.82, 2.24) is 9.55 Å². The van der Waals surface area contributed by atoms with Crippen LogP contribution in [0.5, 0.6) is 5.75 Å². The Hall–Kier alpha value is -3.12. The molecule has 2 aromatic carbocycles. The summed E-state index contributed by atoms with van der Waals surface area (Å²) in [7, 11) is 1.54. The van der Waals surface area contributed by atoms with Crippen LogP contribution in [-0.2, 0) is 11.3 Å². The highest BCUT2D eigenvalue weighted by Crippen LogP contribution is 2.25. The van der Waals surface area contributed by atoms with Gasteiger partial charge in [0.2, 0.25) is 5.91 Å². The lowest BCUT2D eigenvalue weighted by Gasteiger charge is -2.16. The van der Waals surface area contributed by atoms with Gasteiger partial charge in [0.25, 0.3) is 5.56 Å². The number of halogens is 1. The Kier molecular flexibility index (Phi) is 6.03. The molecule has 3 rings (SSSR count). The highest BCUT2D eigenvalue weighted by Gasteiger charge is 2.17. The van der Waals surface area contributed by atoms with E-state index < -0.39 is 0 Å². The predicted octanol–water partition coefficient (Wildman–Crippen LogP) is 4.14. The zero-order chi connectivity index (χ0) is 21.1. The van der Waals surface area contributed by atoms with Gasteiger partial charge in [0.05, 0.1) is 12.8 Å². The predicted molar refractivity (Wildman–Crippen MR) is 115 cm³/mol. The van der Waals surface area contributed by atoms with Crippen LogP contribution in [0.25, 0.3) is 11.4 Å². The van der Waals surface area contributed by atoms with Gasteiger partial charge in [-0.05, 0) is 50.6 Å². The molecule has 0 spiro atoms. The van der Waals surface area contributed by atoms with Crippen molar-refractivity contribution in [1.29, 1.82) is 0 Å². The van der Waals surface area contributed by atoms with E-state index in [2.05, 4.69) is 10.3 Å². The standard InChI is InChI=1S/C22H22ClN3O3/c1-13-8-9-19(29-4)18(10-13)25-20(27)12-26-21(16-6-5-7-17(23)11-16)24-15(3)14(2)22(26)28/h5-11H,12H2,1-4H3,(H,25,27). The average Bonchev–Trinajstić information content (AvgIpc) is 2.68. The Balaban J connectivity index is 2.00. The Morgan fingerprint density at radius 1 is 1.17 bits per heavy atom. The lowest BCUT2D eigenvalue weighted by atomic mass is 10.1. The van der Waals surface area contributed by atoms with Crippen LogP contribution in [0.4, 0.5) is 5.69 Å². The van der Waals surface area contributed by atoms with Crippen LogP contribution in [0.2, 0.25) is 5.02 Å². The third-order valence-corrected chi connectivity index (χ3v) is 4.89. The second-order valence-electron chi connectivity index (χ2n) is 6.80. The molecule has 0 bridgehead atoms. The van der Waals surface area contributed by atoms with Gasteiger partial charge in [0.15, 0.2) is 0 Å². The van der Waals surface area contributed by atoms with Gasteiger partial charge >= 0.3 is 0 Å². The van der Waals surface area contributed by atoms with Crippen molar-refractivity contribution in [2.24, 2.45) is 0 Å². The number of rotatable bonds is 5. The van der Waals surface area contributed by atoms with E-state index in [9.17, 15) is 9.59 Å². The molecule has 1 heterocycles. The number of ether oxygens (including phenoxy) is 1. The second-order valence-corrected chi connectivity index (χ2v) is 7.24. The first kappa shape index (κ1) is 20.6. The van der Waals surface area contributed by atoms with Gasteiger partial charge in [-0.15, -0.1) is 0 Å². The fraction of sp³-hybridized carbons (Fsp3) is 0.227. The first-order valence-electron chi connectivity index (χ1n) is 9.08. The minimum atomic E-state index is -0.357. The molecule has 6 nitrogen and oxygen atoms in total. The molecular weight excluding hydrogens is 390 g/mol. The lowest BCUT2D eigenvalue weighted by Crippen LogP contribution is -2.31. The molecule has 29 heavy (non-hydrogen) atoms. The molecular formula is C22H22ClN3O3. The monoisotopic (exact) mass is 411 g/mol. The Labute approximate surface area is 174 Å². The number of aryl methyl sites for hydroxylation is 2. The molecule has 0 radical (unpaired) electrons. The number of hydrogen-bond donors (Lipinski definition) is 1. The lowest BCUT2D eigenvalue weighted by molar-refractivity contribution is -0.116. The Morgan fingerprint density at radius 2 is 1.93 bits per heavy atom. The maximum atomic E-state index is 12.9. The van der Waals surface area contributed by atoms with Crippen molar-refractivity contribution in [3.63, 3.8) is 0 Å². The Morgan fingerprint density at radius 3 is 2.62 bits per heavy atom. The molecule has 7 heteroatoms. The highest BCUT2D eigenvalue weighted by atomic mass is 35.5. The average molecular weight is 412 g/mol. The van der Waals surface area contributed by atoms with E-state index in [-0.39, 0.29) is 18.0 Å². The summed E-state index contributed by atoms with van der Waals surface area (Å²) in [6, 6.07) is 12.5. The van der Waals surface area contributed by atoms with E-state index in [1.807, 2.05) is 19.1 Å². The molecule has 0 atom stereocenters. The van der Waals surface area contributed by atoms with Crippen molar-refractivity contribution < 1.29 is 9.53 Å². The van der Waals surface area contributed by atoms with Gasteiger partial charge < -0.3 is 10.1 Å². The number of nitrogens with one attached hydrogen (secondary N) is 1. The first-order chi connectivity index (χ1) is 13.8. The van der Waals surface area contributed by atoms with Crippen LogP contribution < -0.4 is 15.6 Å². The zero-order valence-electron chi connectivity index (χ0n) is 16.7. The van der Waals surface area contributed by atoms with E-state index in [1.54, 1.807) is 44.2 Å². The van der Waals surface area contributed by atoms with Crippen LogP contribution in [0.1, 0.15) is 16.8 Å². The van der Waals surface area contributed by atoms with Gasteiger partial charge in [-0.2, -0.15) is 0 Å². The normalized spacial score (nSPS) is 10.7. The summed E-state index contributed by atoms with van der Waals surface area (Å²) in [5.74, 6) is 0.584. The summed E-state index contributed by atoms with van der Waals surface area (Å²) < 4.78 is 6.67. The number of anilines is 1. The van der Waals surface area contributed by atoms with Crippen molar-refractivity contribution in [2.75, 3.05) is 12.4 Å². The minimum Gasteiger partial charge on any atom is -0.495 e. The van der Waals surface area contributed by atoms with Crippen LogP contribution in [0.3, 0.4) is 0 Å². The molecule has 0 aliphatic heterocycles. The molecule has 0 saturated carbocycles. The van der Waals surface area contributed by atoms with Crippen molar-refractivity contribution in [3.8, 4) is 17.1 Å². The first-order valence-corrected chi connectivity index (χ1v) is 9.46. The number of carbonyl (C=O) groups is 1. The van der Waals surface area contributed by atoms with Gasteiger partial charge in [0, 0.05) is 21.8 Å². The maximum Gasteiger partial charge on any atom is 0.257 e. The highest BCUT2D eigenvalue weighted by molar-refractivity contribution is 6.30. The largest absolute Gasteiger partial charge is 0.495 e. The van der Waals surface area contributed by atoms with Crippen molar-refractivity contribution in [2.45, 2.75) is 27.3 Å². The molecule has 0 aliphatic carbocycles. The molecule has 1 amide bonds. The quantitative estimate of drug-likeness (QED) is 0.684. The van der Waals surface area contributed by atoms with Crippen LogP contribution >= 0.6 is 11.6 Å². The molecule has 3 aromatic rings. The molecule has 0 aliphatic rings. The SMILES string of the molecule is COc1ccc(C)cc1NC(=O)Cn1c(-c2cccc(Cl)c2)nc(C)c(C)c1=O. The van der Waals surface area contributed by atoms with E-state index in [1.165, 1.54) is 11.7 Å². The summed E-state index contributed by atoms with van der Waals surface area (Å²) in [5.41, 5.74) is 3.04. The van der Waals surface area contributed by atoms with Crippen LogP contribution in [-0.4, -0.2) is 22.6 Å². The number of carbonyl (C=O) groups excluding carboxylic acids is 1. The zero-order valence-corrected chi connectivity index (χ0v) is 17.5. The smallest absolute Gasteiger partial charge is 0.257 e. The van der Waals surface area contributed by atoms with Crippen LogP contribution in [0.15, 0.2) is 47.3 Å². The van der Waals surface area contributed by atoms with Gasteiger partial charge in [-0.1, -0.05) is 29.8 Å². The molecule has 1 aromatic heterocycles. The third-order valence-electron chi connectivity index (χ3n) is 4.65. The van der Waals surface area contributed by atoms with E-state index in [0.29, 0.717) is 39.1 Å². The number of nitrogens with zero attached hydrogens (tertiary/aromatic N) is 2. The van der Waals surface area contributed by atoms with Crippen LogP contribution in [0, 0.1) is 20.8 Å². The minimum absolute atomic E-state index is 0.189. The number of aromatic nitrogens is 2. The van der Waals surface area contributed by atoms with E-state index in [0.717, 1.165) is 5.56 Å². The number of amides is 1. The maximum absolute atomic E-state index is 12.9. The topological polar surface area (TPSA) is 73.2 Å². The van der Waals surface area contributed by atoms with Gasteiger partial charge in [-0.25, -0.2) is 4.98 Å². The summed E-state index contributed by atoms with van der Waals surface area (Å²) in [6.45, 7) is 5.20. The molecule has 0 unspecified atom stereocenters. The van der Waals surface area contributed by atoms with Crippen molar-refractivity contribution >= 4 is 23.2 Å². The summed E-state index contributed by atoms with van der Waals surface area (Å²) in [5, 5.41) is 3.35. The second kappa shape index (κ2) is 8.49.